The molecular weight excluding hydrogens is 950 g/mol. The van der Waals surface area contributed by atoms with Crippen LogP contribution >= 0.6 is 0 Å². The van der Waals surface area contributed by atoms with Gasteiger partial charge in [-0.3, -0.25) is 0 Å². The Morgan fingerprint density at radius 1 is 0.339 bits per heavy atom. The molecular formula is C58H72Cl2Zr2-2. The van der Waals surface area contributed by atoms with Crippen molar-refractivity contribution in [2.24, 2.45) is 23.7 Å². The zero-order chi connectivity index (χ0) is 43.9. The van der Waals surface area contributed by atoms with Crippen molar-refractivity contribution in [2.75, 3.05) is 0 Å². The minimum Gasteiger partial charge on any atom is -1.00 e. The Bertz CT molecular complexity index is 2010. The Hall–Kier alpha value is -2.59. The zero-order valence-electron chi connectivity index (χ0n) is 39.0. The van der Waals surface area contributed by atoms with Crippen molar-refractivity contribution in [3.63, 3.8) is 0 Å². The van der Waals surface area contributed by atoms with Crippen LogP contribution in [0.1, 0.15) is 103 Å². The summed E-state index contributed by atoms with van der Waals surface area (Å²) in [5, 5.41) is 11.3. The van der Waals surface area contributed by atoms with E-state index in [-0.39, 0.29) is 24.8 Å². The average Bonchev–Trinajstić information content (AvgIpc) is 4.08. The summed E-state index contributed by atoms with van der Waals surface area (Å²) in [6.45, 7) is 18.3. The summed E-state index contributed by atoms with van der Waals surface area (Å²) in [6, 6.07) is 52.6. The first kappa shape index (κ1) is 57.4. The maximum absolute atomic E-state index is 3.34. The monoisotopic (exact) mass is 1020 g/mol. The van der Waals surface area contributed by atoms with E-state index in [9.17, 15) is 0 Å². The molecule has 0 N–H and O–H groups in total. The van der Waals surface area contributed by atoms with Crippen molar-refractivity contribution in [1.82, 2.24) is 0 Å². The van der Waals surface area contributed by atoms with Gasteiger partial charge in [-0.2, -0.15) is 22.3 Å². The van der Waals surface area contributed by atoms with E-state index >= 15 is 0 Å². The first-order valence-corrected chi connectivity index (χ1v) is 25.8. The Labute approximate surface area is 419 Å². The maximum atomic E-state index is 3.34. The van der Waals surface area contributed by atoms with Crippen molar-refractivity contribution in [3.8, 4) is 0 Å². The van der Waals surface area contributed by atoms with Gasteiger partial charge in [-0.25, -0.2) is 0 Å². The molecule has 0 aromatic heterocycles. The molecule has 4 heteroatoms. The molecule has 0 amide bonds. The summed E-state index contributed by atoms with van der Waals surface area (Å²) < 4.78 is 6.68. The van der Waals surface area contributed by atoms with Gasteiger partial charge in [0.1, 0.15) is 0 Å². The molecule has 0 unspecified atom stereocenters. The molecule has 8 aromatic carbocycles. The summed E-state index contributed by atoms with van der Waals surface area (Å²) in [5.74, 6) is 3.18. The smallest absolute Gasteiger partial charge is 1.00 e. The van der Waals surface area contributed by atoms with E-state index in [1.165, 1.54) is 165 Å². The van der Waals surface area contributed by atoms with Gasteiger partial charge in [0.15, 0.2) is 0 Å². The Balaban J connectivity index is 0.000000398. The van der Waals surface area contributed by atoms with Crippen LogP contribution in [0.2, 0.25) is 0 Å². The van der Waals surface area contributed by atoms with Crippen LogP contribution < -0.4 is 24.8 Å². The predicted molar refractivity (Wildman–Crippen MR) is 265 cm³/mol. The molecule has 0 aliphatic heterocycles. The quantitative estimate of drug-likeness (QED) is 0.107. The summed E-state index contributed by atoms with van der Waals surface area (Å²) in [5.41, 5.74) is 6.03. The number of aryl methyl sites for hydroxylation is 4. The van der Waals surface area contributed by atoms with Crippen LogP contribution in [0.3, 0.4) is 0 Å². The number of rotatable bonds is 12. The summed E-state index contributed by atoms with van der Waals surface area (Å²) in [4.78, 5) is 0. The Morgan fingerprint density at radius 2 is 0.516 bits per heavy atom. The molecule has 0 aliphatic rings. The number of hydrogen-bond acceptors (Lipinski definition) is 0. The Morgan fingerprint density at radius 3 is 0.694 bits per heavy atom. The fraction of sp³-hybridized carbons (Fsp3) is 0.345. The molecule has 0 saturated heterocycles. The van der Waals surface area contributed by atoms with E-state index in [1.54, 1.807) is 0 Å². The molecule has 0 nitrogen and oxygen atoms in total. The van der Waals surface area contributed by atoms with Gasteiger partial charge in [0, 0.05) is 0 Å². The first-order valence-electron chi connectivity index (χ1n) is 22.3. The predicted octanol–water partition coefficient (Wildman–Crippen LogP) is 10.5. The zero-order valence-corrected chi connectivity index (χ0v) is 45.4. The fourth-order valence-electron chi connectivity index (χ4n) is 7.51. The van der Waals surface area contributed by atoms with E-state index in [0.717, 1.165) is 23.7 Å². The van der Waals surface area contributed by atoms with Crippen LogP contribution in [-0.4, -0.2) is 8.42 Å². The third-order valence-electron chi connectivity index (χ3n) is 11.0. The van der Waals surface area contributed by atoms with Crippen molar-refractivity contribution in [1.29, 1.82) is 0 Å². The largest absolute Gasteiger partial charge is 1.00 e. The maximum Gasteiger partial charge on any atom is -1.00 e. The van der Waals surface area contributed by atoms with E-state index in [0.29, 0.717) is 0 Å². The van der Waals surface area contributed by atoms with Gasteiger partial charge >= 0.3 is 56.9 Å². The van der Waals surface area contributed by atoms with Crippen LogP contribution in [0.5, 0.6) is 0 Å². The molecule has 62 heavy (non-hydrogen) atoms. The van der Waals surface area contributed by atoms with Gasteiger partial charge in [0.25, 0.3) is 0 Å². The van der Waals surface area contributed by atoms with E-state index in [2.05, 4.69) is 209 Å². The van der Waals surface area contributed by atoms with Gasteiger partial charge in [0.05, 0.1) is 0 Å². The molecule has 0 atom stereocenters. The molecule has 8 aromatic rings. The summed E-state index contributed by atoms with van der Waals surface area (Å²) in [7, 11) is 0. The molecule has 0 heterocycles. The minimum absolute atomic E-state index is 0. The second-order valence-corrected chi connectivity index (χ2v) is 17.5. The second-order valence-electron chi connectivity index (χ2n) is 17.5. The van der Waals surface area contributed by atoms with Crippen molar-refractivity contribution >= 4 is 51.5 Å². The summed E-state index contributed by atoms with van der Waals surface area (Å²) in [6.07, 6.45) is 10.00. The molecule has 0 fully saturated rings. The number of hydrogen-bond donors (Lipinski definition) is 0. The molecule has 0 spiro atoms. The number of fused-ring (bicyclic) bond motifs is 4. The summed E-state index contributed by atoms with van der Waals surface area (Å²) >= 11 is 2.60. The molecule has 0 radical (unpaired) electrons. The normalized spacial score (nSPS) is 10.5. The van der Waals surface area contributed by atoms with Crippen molar-refractivity contribution < 1.29 is 73.3 Å². The third-order valence-corrected chi connectivity index (χ3v) is 11.0. The van der Waals surface area contributed by atoms with Crippen LogP contribution in [0, 0.1) is 23.7 Å². The van der Waals surface area contributed by atoms with E-state index in [4.69, 9.17) is 0 Å². The number of halogens is 2. The van der Waals surface area contributed by atoms with Gasteiger partial charge in [-0.15, -0.1) is 164 Å². The van der Waals surface area contributed by atoms with Gasteiger partial charge in [-0.05, 0) is 23.7 Å². The fourth-order valence-corrected chi connectivity index (χ4v) is 7.51. The molecule has 0 saturated carbocycles. The van der Waals surface area contributed by atoms with Gasteiger partial charge in [-0.1, -0.05) is 131 Å². The topological polar surface area (TPSA) is 0 Å². The molecule has 8 rings (SSSR count). The van der Waals surface area contributed by atoms with Crippen LogP contribution in [0.4, 0.5) is 0 Å². The second kappa shape index (κ2) is 32.1. The first-order chi connectivity index (χ1) is 29.1. The SMILES string of the molecule is CC(C)CCc1c[cH-]c2ccccc12.CC(C)CCc1c[cH-]c2ccccc12.CC(C)CCc1c[cH-]c2ccccc12.CC(C)CCc1c[cH-]c2ccccc12.[CH2]=[Zr+2].[CH2]=[Zr+2].[Cl-].[Cl-]. The van der Waals surface area contributed by atoms with Crippen LogP contribution in [0.15, 0.2) is 146 Å². The van der Waals surface area contributed by atoms with Crippen molar-refractivity contribution in [2.45, 2.75) is 107 Å². The van der Waals surface area contributed by atoms with E-state index in [1.807, 2.05) is 0 Å². The average molecular weight is 1020 g/mol. The van der Waals surface area contributed by atoms with Gasteiger partial charge < -0.3 is 24.8 Å². The number of benzene rings is 4. The Kier molecular flexibility index (Phi) is 29.8. The van der Waals surface area contributed by atoms with E-state index < -0.39 is 0 Å². The molecule has 0 aliphatic carbocycles. The van der Waals surface area contributed by atoms with Crippen molar-refractivity contribution in [3.05, 3.63) is 168 Å². The van der Waals surface area contributed by atoms with Crippen LogP contribution in [-0.2, 0) is 74.2 Å². The molecule has 328 valence electrons. The third kappa shape index (κ3) is 19.3. The molecule has 0 bridgehead atoms. The van der Waals surface area contributed by atoms with Gasteiger partial charge in [0.2, 0.25) is 0 Å². The standard InChI is InChI=1S/4C14H17.2CH2.2ClH.2Zr/c4*1-11(2)7-8-13-10-9-12-5-3-4-6-14(12)13;;;;;;/h4*3-6,9-11H,7-8H2,1-2H3;2*1H2;2*1H;;/q4*-1;;;;;2*+2/p-2. The minimum atomic E-state index is 0. The van der Waals surface area contributed by atoms with Crippen LogP contribution in [0.25, 0.3) is 43.1 Å².